The number of amides is 2. The standard InChI is InChI=1S/C18H16ClF3N2O3/c1-24(2)17(26)14-9-12(5-8-15(14)19)23-16(25)10-27-13-6-3-11(4-7-13)18(20,21)22/h3-9H,10H2,1-2H3,(H,23,25). The van der Waals surface area contributed by atoms with Gasteiger partial charge in [0.25, 0.3) is 11.8 Å². The average molecular weight is 401 g/mol. The van der Waals surface area contributed by atoms with E-state index in [9.17, 15) is 22.8 Å². The maximum atomic E-state index is 12.5. The van der Waals surface area contributed by atoms with Crippen molar-refractivity contribution in [2.45, 2.75) is 6.18 Å². The predicted molar refractivity (Wildman–Crippen MR) is 95.0 cm³/mol. The summed E-state index contributed by atoms with van der Waals surface area (Å²) in [5.74, 6) is -0.740. The highest BCUT2D eigenvalue weighted by molar-refractivity contribution is 6.34. The van der Waals surface area contributed by atoms with Crippen molar-refractivity contribution in [3.8, 4) is 5.75 Å². The van der Waals surface area contributed by atoms with Crippen LogP contribution in [0.3, 0.4) is 0 Å². The van der Waals surface area contributed by atoms with Crippen molar-refractivity contribution >= 4 is 29.1 Å². The summed E-state index contributed by atoms with van der Waals surface area (Å²) >= 11 is 5.99. The Balaban J connectivity index is 1.98. The lowest BCUT2D eigenvalue weighted by Crippen LogP contribution is -2.23. The molecule has 5 nitrogen and oxygen atoms in total. The minimum absolute atomic E-state index is 0.123. The first-order valence-electron chi connectivity index (χ1n) is 7.69. The molecule has 2 rings (SSSR count). The molecule has 0 unspecified atom stereocenters. The van der Waals surface area contributed by atoms with Crippen molar-refractivity contribution in [1.29, 1.82) is 0 Å². The third kappa shape index (κ3) is 5.62. The van der Waals surface area contributed by atoms with Crippen LogP contribution in [0.15, 0.2) is 42.5 Å². The van der Waals surface area contributed by atoms with Gasteiger partial charge in [0.1, 0.15) is 5.75 Å². The van der Waals surface area contributed by atoms with Gasteiger partial charge >= 0.3 is 6.18 Å². The van der Waals surface area contributed by atoms with E-state index in [0.29, 0.717) is 5.69 Å². The molecule has 0 aromatic heterocycles. The molecular weight excluding hydrogens is 385 g/mol. The number of alkyl halides is 3. The Kier molecular flexibility index (Phi) is 6.32. The fraction of sp³-hybridized carbons (Fsp3) is 0.222. The molecule has 0 heterocycles. The first-order valence-corrected chi connectivity index (χ1v) is 8.07. The molecule has 2 amide bonds. The number of anilines is 1. The van der Waals surface area contributed by atoms with Crippen LogP contribution >= 0.6 is 11.6 Å². The van der Waals surface area contributed by atoms with Gasteiger partial charge in [0.15, 0.2) is 6.61 Å². The van der Waals surface area contributed by atoms with Crippen LogP contribution < -0.4 is 10.1 Å². The van der Waals surface area contributed by atoms with E-state index in [1.807, 2.05) is 0 Å². The monoisotopic (exact) mass is 400 g/mol. The molecule has 0 aliphatic heterocycles. The second kappa shape index (κ2) is 8.30. The molecule has 0 atom stereocenters. The van der Waals surface area contributed by atoms with E-state index in [0.717, 1.165) is 24.3 Å². The van der Waals surface area contributed by atoms with Gasteiger partial charge in [0, 0.05) is 19.8 Å². The minimum Gasteiger partial charge on any atom is -0.484 e. The molecule has 0 fully saturated rings. The minimum atomic E-state index is -4.44. The first-order chi connectivity index (χ1) is 12.6. The number of hydrogen-bond donors (Lipinski definition) is 1. The lowest BCUT2D eigenvalue weighted by Gasteiger charge is -2.13. The van der Waals surface area contributed by atoms with Crippen molar-refractivity contribution < 1.29 is 27.5 Å². The number of rotatable bonds is 5. The highest BCUT2D eigenvalue weighted by atomic mass is 35.5. The Morgan fingerprint density at radius 1 is 1.11 bits per heavy atom. The van der Waals surface area contributed by atoms with E-state index in [1.54, 1.807) is 14.1 Å². The molecule has 0 spiro atoms. The normalized spacial score (nSPS) is 11.0. The summed E-state index contributed by atoms with van der Waals surface area (Å²) in [5.41, 5.74) is -0.243. The summed E-state index contributed by atoms with van der Waals surface area (Å²) in [4.78, 5) is 25.4. The van der Waals surface area contributed by atoms with Crippen LogP contribution in [0.4, 0.5) is 18.9 Å². The third-order valence-corrected chi connectivity index (χ3v) is 3.77. The number of carbonyl (C=O) groups excluding carboxylic acids is 2. The molecule has 0 radical (unpaired) electrons. The topological polar surface area (TPSA) is 58.6 Å². The Morgan fingerprint density at radius 3 is 2.30 bits per heavy atom. The summed E-state index contributed by atoms with van der Waals surface area (Å²) in [5, 5.41) is 2.78. The van der Waals surface area contributed by atoms with Gasteiger partial charge in [0.05, 0.1) is 16.1 Å². The van der Waals surface area contributed by atoms with Crippen molar-refractivity contribution in [2.24, 2.45) is 0 Å². The van der Waals surface area contributed by atoms with Crippen LogP contribution in [0, 0.1) is 0 Å². The van der Waals surface area contributed by atoms with Crippen LogP contribution in [-0.4, -0.2) is 37.4 Å². The fourth-order valence-electron chi connectivity index (χ4n) is 2.09. The second-order valence-electron chi connectivity index (χ2n) is 5.75. The third-order valence-electron chi connectivity index (χ3n) is 3.44. The molecule has 0 saturated carbocycles. The van der Waals surface area contributed by atoms with Crippen molar-refractivity contribution in [3.05, 3.63) is 58.6 Å². The molecule has 0 aliphatic carbocycles. The zero-order chi connectivity index (χ0) is 20.2. The van der Waals surface area contributed by atoms with E-state index in [-0.39, 0.29) is 22.2 Å². The summed E-state index contributed by atoms with van der Waals surface area (Å²) in [6.45, 7) is -0.412. The number of nitrogens with one attached hydrogen (secondary N) is 1. The van der Waals surface area contributed by atoms with Crippen LogP contribution in [0.25, 0.3) is 0 Å². The van der Waals surface area contributed by atoms with Crippen LogP contribution in [0.5, 0.6) is 5.75 Å². The molecule has 0 bridgehead atoms. The molecule has 0 aliphatic rings. The van der Waals surface area contributed by atoms with E-state index in [1.165, 1.54) is 23.1 Å². The fourth-order valence-corrected chi connectivity index (χ4v) is 2.29. The van der Waals surface area contributed by atoms with Gasteiger partial charge in [-0.15, -0.1) is 0 Å². The van der Waals surface area contributed by atoms with Crippen molar-refractivity contribution in [3.63, 3.8) is 0 Å². The average Bonchev–Trinajstić information content (AvgIpc) is 2.60. The number of nitrogens with zero attached hydrogens (tertiary/aromatic N) is 1. The van der Waals surface area contributed by atoms with Gasteiger partial charge in [-0.2, -0.15) is 13.2 Å². The molecule has 144 valence electrons. The van der Waals surface area contributed by atoms with E-state index < -0.39 is 24.3 Å². The number of benzene rings is 2. The SMILES string of the molecule is CN(C)C(=O)c1cc(NC(=O)COc2ccc(C(F)(F)F)cc2)ccc1Cl. The Hall–Kier alpha value is -2.74. The number of hydrogen-bond acceptors (Lipinski definition) is 3. The number of carbonyl (C=O) groups is 2. The van der Waals surface area contributed by atoms with Gasteiger partial charge in [-0.1, -0.05) is 11.6 Å². The van der Waals surface area contributed by atoms with Gasteiger partial charge in [-0.25, -0.2) is 0 Å². The largest absolute Gasteiger partial charge is 0.484 e. The van der Waals surface area contributed by atoms with Crippen LogP contribution in [0.2, 0.25) is 5.02 Å². The molecule has 0 saturated heterocycles. The molecule has 2 aromatic rings. The van der Waals surface area contributed by atoms with Crippen molar-refractivity contribution in [2.75, 3.05) is 26.0 Å². The molecule has 9 heteroatoms. The predicted octanol–water partition coefficient (Wildman–Crippen LogP) is 4.08. The lowest BCUT2D eigenvalue weighted by atomic mass is 10.1. The van der Waals surface area contributed by atoms with Crippen LogP contribution in [-0.2, 0) is 11.0 Å². The van der Waals surface area contributed by atoms with Gasteiger partial charge in [0.2, 0.25) is 0 Å². The Bertz CT molecular complexity index is 837. The maximum absolute atomic E-state index is 12.5. The highest BCUT2D eigenvalue weighted by Gasteiger charge is 2.30. The molecule has 2 aromatic carbocycles. The van der Waals surface area contributed by atoms with Crippen molar-refractivity contribution in [1.82, 2.24) is 4.90 Å². The number of halogens is 4. The highest BCUT2D eigenvalue weighted by Crippen LogP contribution is 2.30. The Labute approximate surface area is 158 Å². The summed E-state index contributed by atoms with van der Waals surface area (Å²) in [7, 11) is 3.14. The zero-order valence-corrected chi connectivity index (χ0v) is 15.2. The lowest BCUT2D eigenvalue weighted by molar-refractivity contribution is -0.137. The molecule has 1 N–H and O–H groups in total. The molecular formula is C18H16ClF3N2O3. The van der Waals surface area contributed by atoms with E-state index >= 15 is 0 Å². The van der Waals surface area contributed by atoms with E-state index in [2.05, 4.69) is 5.32 Å². The maximum Gasteiger partial charge on any atom is 0.416 e. The Morgan fingerprint density at radius 2 is 1.74 bits per heavy atom. The second-order valence-corrected chi connectivity index (χ2v) is 6.16. The summed E-state index contributed by atoms with van der Waals surface area (Å²) in [6, 6.07) is 8.42. The smallest absolute Gasteiger partial charge is 0.416 e. The van der Waals surface area contributed by atoms with Gasteiger partial charge < -0.3 is 15.0 Å². The first kappa shape index (κ1) is 20.6. The zero-order valence-electron chi connectivity index (χ0n) is 14.4. The quantitative estimate of drug-likeness (QED) is 0.822. The number of ether oxygens (including phenoxy) is 1. The summed E-state index contributed by atoms with van der Waals surface area (Å²) in [6.07, 6.45) is -4.44. The molecule has 27 heavy (non-hydrogen) atoms. The van der Waals surface area contributed by atoms with Crippen LogP contribution in [0.1, 0.15) is 15.9 Å². The summed E-state index contributed by atoms with van der Waals surface area (Å²) < 4.78 is 42.7. The van der Waals surface area contributed by atoms with Gasteiger partial charge in [-0.05, 0) is 42.5 Å². The van der Waals surface area contributed by atoms with Gasteiger partial charge in [-0.3, -0.25) is 9.59 Å². The van der Waals surface area contributed by atoms with E-state index in [4.69, 9.17) is 16.3 Å².